The quantitative estimate of drug-likeness (QED) is 0.350. The molecule has 17 heavy (non-hydrogen) atoms. The summed E-state index contributed by atoms with van der Waals surface area (Å²) in [6.45, 7) is 4.87. The number of hydrogen-bond acceptors (Lipinski definition) is 4. The average molecular weight is 236 g/mol. The summed E-state index contributed by atoms with van der Waals surface area (Å²) in [4.78, 5) is 6.31. The van der Waals surface area contributed by atoms with Crippen LogP contribution in [0.2, 0.25) is 0 Å². The van der Waals surface area contributed by atoms with E-state index < -0.39 is 0 Å². The molecule has 0 saturated carbocycles. The zero-order valence-corrected chi connectivity index (χ0v) is 10.6. The molecule has 94 valence electrons. The maximum Gasteiger partial charge on any atom is 0.140 e. The molecule has 1 heterocycles. The Hall–Kier alpha value is -1.62. The molecule has 0 aromatic carbocycles. The van der Waals surface area contributed by atoms with Crippen molar-refractivity contribution in [3.05, 3.63) is 29.6 Å². The molecule has 1 aromatic rings. The minimum Gasteiger partial charge on any atom is -0.409 e. The van der Waals surface area contributed by atoms with Crippen molar-refractivity contribution in [2.75, 3.05) is 7.05 Å². The first-order valence-corrected chi connectivity index (χ1v) is 5.60. The Balaban J connectivity index is 2.56. The van der Waals surface area contributed by atoms with Crippen LogP contribution in [0.1, 0.15) is 24.5 Å². The van der Waals surface area contributed by atoms with Crippen LogP contribution in [0.3, 0.4) is 0 Å². The number of rotatable bonds is 5. The number of amidine groups is 1. The van der Waals surface area contributed by atoms with Gasteiger partial charge in [0.05, 0.1) is 0 Å². The second-order valence-corrected chi connectivity index (χ2v) is 4.43. The van der Waals surface area contributed by atoms with Crippen LogP contribution in [0.25, 0.3) is 0 Å². The van der Waals surface area contributed by atoms with Crippen LogP contribution >= 0.6 is 0 Å². The van der Waals surface area contributed by atoms with Crippen LogP contribution < -0.4 is 5.73 Å². The van der Waals surface area contributed by atoms with Gasteiger partial charge in [0.15, 0.2) is 0 Å². The summed E-state index contributed by atoms with van der Waals surface area (Å²) >= 11 is 0. The van der Waals surface area contributed by atoms with Gasteiger partial charge in [-0.3, -0.25) is 9.88 Å². The third kappa shape index (κ3) is 4.40. The molecule has 0 aliphatic carbocycles. The zero-order chi connectivity index (χ0) is 12.8. The van der Waals surface area contributed by atoms with Crippen molar-refractivity contribution in [1.29, 1.82) is 0 Å². The smallest absolute Gasteiger partial charge is 0.140 e. The van der Waals surface area contributed by atoms with E-state index in [0.717, 1.165) is 12.1 Å². The van der Waals surface area contributed by atoms with Crippen molar-refractivity contribution in [3.8, 4) is 0 Å². The van der Waals surface area contributed by atoms with E-state index in [1.54, 1.807) is 0 Å². The molecule has 1 aromatic heterocycles. The van der Waals surface area contributed by atoms with Crippen molar-refractivity contribution in [2.45, 2.75) is 32.9 Å². The summed E-state index contributed by atoms with van der Waals surface area (Å²) < 4.78 is 0. The summed E-state index contributed by atoms with van der Waals surface area (Å²) in [5, 5.41) is 11.5. The van der Waals surface area contributed by atoms with E-state index in [-0.39, 0.29) is 11.9 Å². The van der Waals surface area contributed by atoms with E-state index in [9.17, 15) is 0 Å². The van der Waals surface area contributed by atoms with Gasteiger partial charge in [-0.25, -0.2) is 0 Å². The molecule has 0 spiro atoms. The van der Waals surface area contributed by atoms with Gasteiger partial charge in [-0.2, -0.15) is 0 Å². The fourth-order valence-corrected chi connectivity index (χ4v) is 1.65. The van der Waals surface area contributed by atoms with Crippen molar-refractivity contribution in [2.24, 2.45) is 10.9 Å². The summed E-state index contributed by atoms with van der Waals surface area (Å²) in [6.07, 6.45) is 4.25. The van der Waals surface area contributed by atoms with E-state index >= 15 is 0 Å². The third-order valence-corrected chi connectivity index (χ3v) is 2.75. The highest BCUT2D eigenvalue weighted by atomic mass is 16.4. The van der Waals surface area contributed by atoms with Gasteiger partial charge in [0, 0.05) is 31.4 Å². The Morgan fingerprint density at radius 2 is 2.29 bits per heavy atom. The van der Waals surface area contributed by atoms with E-state index in [4.69, 9.17) is 10.9 Å². The van der Waals surface area contributed by atoms with Crippen molar-refractivity contribution in [3.63, 3.8) is 0 Å². The van der Waals surface area contributed by atoms with Crippen molar-refractivity contribution >= 4 is 5.84 Å². The van der Waals surface area contributed by atoms with Gasteiger partial charge >= 0.3 is 0 Å². The molecule has 0 amide bonds. The number of nitrogens with zero attached hydrogens (tertiary/aromatic N) is 3. The number of nitrogens with two attached hydrogens (primary N) is 1. The van der Waals surface area contributed by atoms with E-state index in [0.29, 0.717) is 6.42 Å². The molecule has 1 atom stereocenters. The first-order chi connectivity index (χ1) is 8.02. The van der Waals surface area contributed by atoms with Crippen LogP contribution in [-0.2, 0) is 6.54 Å². The molecule has 3 N–H and O–H groups in total. The van der Waals surface area contributed by atoms with Gasteiger partial charge in [0.25, 0.3) is 0 Å². The van der Waals surface area contributed by atoms with Gasteiger partial charge in [-0.15, -0.1) is 0 Å². The number of hydrogen-bond donors (Lipinski definition) is 2. The minimum atomic E-state index is 0.214. The highest BCUT2D eigenvalue weighted by Gasteiger charge is 2.11. The molecular formula is C12H20N4O. The van der Waals surface area contributed by atoms with Crippen LogP contribution in [0.5, 0.6) is 0 Å². The minimum absolute atomic E-state index is 0.214. The van der Waals surface area contributed by atoms with Gasteiger partial charge < -0.3 is 10.9 Å². The number of oxime groups is 1. The molecule has 5 nitrogen and oxygen atoms in total. The molecule has 0 fully saturated rings. The Morgan fingerprint density at radius 1 is 1.59 bits per heavy atom. The Labute approximate surface area is 102 Å². The fraction of sp³-hybridized carbons (Fsp3) is 0.500. The van der Waals surface area contributed by atoms with Crippen molar-refractivity contribution < 1.29 is 5.21 Å². The monoisotopic (exact) mass is 236 g/mol. The largest absolute Gasteiger partial charge is 0.409 e. The van der Waals surface area contributed by atoms with Crippen LogP contribution in [-0.4, -0.2) is 34.0 Å². The molecule has 1 unspecified atom stereocenters. The molecule has 0 saturated heterocycles. The molecule has 0 bridgehead atoms. The highest BCUT2D eigenvalue weighted by Crippen LogP contribution is 2.09. The molecule has 0 aliphatic heterocycles. The van der Waals surface area contributed by atoms with E-state index in [1.165, 1.54) is 5.56 Å². The lowest BCUT2D eigenvalue weighted by Gasteiger charge is -2.24. The van der Waals surface area contributed by atoms with Crippen LogP contribution in [0.4, 0.5) is 0 Å². The zero-order valence-electron chi connectivity index (χ0n) is 10.6. The Kier molecular flexibility index (Phi) is 4.90. The Bertz CT molecular complexity index is 392. The van der Waals surface area contributed by atoms with E-state index in [1.807, 2.05) is 33.3 Å². The summed E-state index contributed by atoms with van der Waals surface area (Å²) in [7, 11) is 2.01. The normalized spacial score (nSPS) is 14.0. The predicted octanol–water partition coefficient (Wildman–Crippen LogP) is 1.35. The summed E-state index contributed by atoms with van der Waals surface area (Å²) in [5.41, 5.74) is 7.81. The van der Waals surface area contributed by atoms with Gasteiger partial charge in [-0.1, -0.05) is 11.2 Å². The molecular weight excluding hydrogens is 216 g/mol. The number of pyridine rings is 1. The van der Waals surface area contributed by atoms with Gasteiger partial charge in [0.2, 0.25) is 0 Å². The average Bonchev–Trinajstić information content (AvgIpc) is 2.28. The summed E-state index contributed by atoms with van der Waals surface area (Å²) in [6, 6.07) is 2.33. The second kappa shape index (κ2) is 6.20. The van der Waals surface area contributed by atoms with Gasteiger partial charge in [-0.05, 0) is 32.0 Å². The first-order valence-electron chi connectivity index (χ1n) is 5.60. The third-order valence-electron chi connectivity index (χ3n) is 2.75. The maximum atomic E-state index is 8.53. The van der Waals surface area contributed by atoms with Crippen LogP contribution in [0, 0.1) is 6.92 Å². The SMILES string of the molecule is Cc1cncc(CN(C)C(C)C/C(N)=N/O)c1. The van der Waals surface area contributed by atoms with Gasteiger partial charge in [0.1, 0.15) is 5.84 Å². The number of aryl methyl sites for hydroxylation is 1. The maximum absolute atomic E-state index is 8.53. The summed E-state index contributed by atoms with van der Waals surface area (Å²) in [5.74, 6) is 0.256. The molecule has 5 heteroatoms. The highest BCUT2D eigenvalue weighted by molar-refractivity contribution is 5.80. The fourth-order valence-electron chi connectivity index (χ4n) is 1.65. The topological polar surface area (TPSA) is 74.7 Å². The predicted molar refractivity (Wildman–Crippen MR) is 67.9 cm³/mol. The van der Waals surface area contributed by atoms with Crippen LogP contribution in [0.15, 0.2) is 23.6 Å². The second-order valence-electron chi connectivity index (χ2n) is 4.43. The molecule has 0 aliphatic rings. The van der Waals surface area contributed by atoms with E-state index in [2.05, 4.69) is 21.1 Å². The molecule has 1 rings (SSSR count). The Morgan fingerprint density at radius 3 is 2.88 bits per heavy atom. The first kappa shape index (κ1) is 13.4. The lowest BCUT2D eigenvalue weighted by Crippen LogP contribution is -2.32. The lowest BCUT2D eigenvalue weighted by atomic mass is 10.1. The standard InChI is InChI=1S/C12H20N4O/c1-9-4-11(7-14-6-9)8-16(3)10(2)5-12(13)15-17/h4,6-7,10,17H,5,8H2,1-3H3,(H2,13,15). The van der Waals surface area contributed by atoms with Crippen molar-refractivity contribution in [1.82, 2.24) is 9.88 Å². The lowest BCUT2D eigenvalue weighted by molar-refractivity contribution is 0.250. The molecule has 0 radical (unpaired) electrons. The number of aromatic nitrogens is 1.